The molecule has 1 aliphatic heterocycles. The Morgan fingerprint density at radius 3 is 2.80 bits per heavy atom. The first kappa shape index (κ1) is 11.0. The van der Waals surface area contributed by atoms with Crippen molar-refractivity contribution in [2.24, 2.45) is 5.92 Å². The van der Waals surface area contributed by atoms with E-state index in [0.29, 0.717) is 6.04 Å². The lowest BCUT2D eigenvalue weighted by molar-refractivity contribution is 0.158. The molecule has 1 heterocycles. The van der Waals surface area contributed by atoms with Crippen LogP contribution in [0.3, 0.4) is 0 Å². The predicted octanol–water partition coefficient (Wildman–Crippen LogP) is 1.47. The Bertz CT molecular complexity index is 225. The Balaban J connectivity index is 1.83. The SMILES string of the molecule is C#CCN1CCNC(C2CCCCC2)C1. The summed E-state index contributed by atoms with van der Waals surface area (Å²) in [6.45, 7) is 4.22. The van der Waals surface area contributed by atoms with E-state index in [9.17, 15) is 0 Å². The van der Waals surface area contributed by atoms with Crippen LogP contribution in [-0.2, 0) is 0 Å². The van der Waals surface area contributed by atoms with Crippen LogP contribution in [0, 0.1) is 18.3 Å². The maximum absolute atomic E-state index is 5.37. The van der Waals surface area contributed by atoms with Crippen LogP contribution in [-0.4, -0.2) is 37.1 Å². The fourth-order valence-electron chi connectivity index (χ4n) is 2.97. The Morgan fingerprint density at radius 2 is 2.07 bits per heavy atom. The van der Waals surface area contributed by atoms with E-state index in [-0.39, 0.29) is 0 Å². The van der Waals surface area contributed by atoms with Gasteiger partial charge < -0.3 is 5.32 Å². The Morgan fingerprint density at radius 1 is 1.27 bits per heavy atom. The van der Waals surface area contributed by atoms with Gasteiger partial charge in [0.05, 0.1) is 6.54 Å². The fourth-order valence-corrected chi connectivity index (χ4v) is 2.97. The quantitative estimate of drug-likeness (QED) is 0.688. The molecular formula is C13H22N2. The summed E-state index contributed by atoms with van der Waals surface area (Å²) in [5.74, 6) is 3.66. The molecule has 1 saturated heterocycles. The van der Waals surface area contributed by atoms with Crippen molar-refractivity contribution in [3.05, 3.63) is 0 Å². The van der Waals surface area contributed by atoms with Crippen LogP contribution >= 0.6 is 0 Å². The van der Waals surface area contributed by atoms with Gasteiger partial charge in [0.15, 0.2) is 0 Å². The second-order valence-electron chi connectivity index (χ2n) is 4.90. The van der Waals surface area contributed by atoms with E-state index in [0.717, 1.165) is 32.1 Å². The second kappa shape index (κ2) is 5.53. The normalized spacial score (nSPS) is 29.9. The molecule has 1 atom stereocenters. The molecule has 0 aromatic rings. The first-order valence-electron chi connectivity index (χ1n) is 6.29. The lowest BCUT2D eigenvalue weighted by atomic mass is 9.83. The molecule has 2 heteroatoms. The zero-order valence-electron chi connectivity index (χ0n) is 9.54. The molecule has 2 fully saturated rings. The highest BCUT2D eigenvalue weighted by Gasteiger charge is 2.27. The minimum Gasteiger partial charge on any atom is -0.311 e. The van der Waals surface area contributed by atoms with Gasteiger partial charge in [-0.05, 0) is 18.8 Å². The van der Waals surface area contributed by atoms with Gasteiger partial charge in [-0.15, -0.1) is 6.42 Å². The number of nitrogens with zero attached hydrogens (tertiary/aromatic N) is 1. The Labute approximate surface area is 93.4 Å². The van der Waals surface area contributed by atoms with E-state index in [4.69, 9.17) is 6.42 Å². The Hall–Kier alpha value is -0.520. The largest absolute Gasteiger partial charge is 0.311 e. The van der Waals surface area contributed by atoms with E-state index < -0.39 is 0 Å². The van der Waals surface area contributed by atoms with Crippen molar-refractivity contribution < 1.29 is 0 Å². The van der Waals surface area contributed by atoms with E-state index >= 15 is 0 Å². The van der Waals surface area contributed by atoms with Crippen LogP contribution in [0.1, 0.15) is 32.1 Å². The monoisotopic (exact) mass is 206 g/mol. The third-order valence-electron chi connectivity index (χ3n) is 3.82. The van der Waals surface area contributed by atoms with Crippen molar-refractivity contribution in [3.8, 4) is 12.3 Å². The van der Waals surface area contributed by atoms with Gasteiger partial charge in [-0.25, -0.2) is 0 Å². The van der Waals surface area contributed by atoms with E-state index in [1.165, 1.54) is 32.1 Å². The number of piperazine rings is 1. The van der Waals surface area contributed by atoms with Gasteiger partial charge in [0, 0.05) is 25.7 Å². The molecule has 0 amide bonds. The molecule has 1 unspecified atom stereocenters. The average Bonchev–Trinajstić information content (AvgIpc) is 2.31. The van der Waals surface area contributed by atoms with Gasteiger partial charge in [0.25, 0.3) is 0 Å². The molecule has 2 aliphatic rings. The summed E-state index contributed by atoms with van der Waals surface area (Å²) in [6.07, 6.45) is 12.5. The maximum Gasteiger partial charge on any atom is 0.0599 e. The molecule has 0 radical (unpaired) electrons. The molecule has 1 N–H and O–H groups in total. The van der Waals surface area contributed by atoms with Gasteiger partial charge in [0.1, 0.15) is 0 Å². The maximum atomic E-state index is 5.37. The predicted molar refractivity (Wildman–Crippen MR) is 63.6 cm³/mol. The molecule has 0 bridgehead atoms. The van der Waals surface area contributed by atoms with Crippen LogP contribution < -0.4 is 5.32 Å². The molecule has 1 aliphatic carbocycles. The van der Waals surface area contributed by atoms with E-state index in [1.54, 1.807) is 0 Å². The smallest absolute Gasteiger partial charge is 0.0599 e. The first-order valence-corrected chi connectivity index (χ1v) is 6.29. The number of hydrogen-bond acceptors (Lipinski definition) is 2. The average molecular weight is 206 g/mol. The van der Waals surface area contributed by atoms with Crippen LogP contribution in [0.5, 0.6) is 0 Å². The van der Waals surface area contributed by atoms with Crippen molar-refractivity contribution in [1.82, 2.24) is 10.2 Å². The molecule has 0 aromatic heterocycles. The summed E-state index contributed by atoms with van der Waals surface area (Å²) in [7, 11) is 0. The molecule has 1 saturated carbocycles. The van der Waals surface area contributed by atoms with Crippen LogP contribution in [0.4, 0.5) is 0 Å². The van der Waals surface area contributed by atoms with Crippen molar-refractivity contribution in [1.29, 1.82) is 0 Å². The number of nitrogens with one attached hydrogen (secondary N) is 1. The second-order valence-corrected chi connectivity index (χ2v) is 4.90. The molecule has 0 spiro atoms. The lowest BCUT2D eigenvalue weighted by Gasteiger charge is -2.38. The molecule has 84 valence electrons. The van der Waals surface area contributed by atoms with Crippen LogP contribution in [0.25, 0.3) is 0 Å². The zero-order valence-corrected chi connectivity index (χ0v) is 9.54. The van der Waals surface area contributed by atoms with Crippen molar-refractivity contribution in [2.75, 3.05) is 26.2 Å². The molecule has 15 heavy (non-hydrogen) atoms. The molecular weight excluding hydrogens is 184 g/mol. The van der Waals surface area contributed by atoms with Crippen LogP contribution in [0.15, 0.2) is 0 Å². The highest BCUT2D eigenvalue weighted by Crippen LogP contribution is 2.27. The lowest BCUT2D eigenvalue weighted by Crippen LogP contribution is -2.54. The minimum absolute atomic E-state index is 0.701. The number of rotatable bonds is 2. The third kappa shape index (κ3) is 2.96. The van der Waals surface area contributed by atoms with Gasteiger partial charge >= 0.3 is 0 Å². The molecule has 2 nitrogen and oxygen atoms in total. The first-order chi connectivity index (χ1) is 7.40. The third-order valence-corrected chi connectivity index (χ3v) is 3.82. The van der Waals surface area contributed by atoms with Gasteiger partial charge in [-0.3, -0.25) is 4.90 Å². The van der Waals surface area contributed by atoms with E-state index in [1.807, 2.05) is 0 Å². The van der Waals surface area contributed by atoms with Crippen LogP contribution in [0.2, 0.25) is 0 Å². The summed E-state index contributed by atoms with van der Waals surface area (Å²) in [5, 5.41) is 3.67. The fraction of sp³-hybridized carbons (Fsp3) is 0.846. The summed E-state index contributed by atoms with van der Waals surface area (Å²) in [5.41, 5.74) is 0. The Kier molecular flexibility index (Phi) is 4.05. The highest BCUT2D eigenvalue weighted by molar-refractivity contribution is 4.93. The number of hydrogen-bond donors (Lipinski definition) is 1. The summed E-state index contributed by atoms with van der Waals surface area (Å²) >= 11 is 0. The minimum atomic E-state index is 0.701. The zero-order chi connectivity index (χ0) is 10.5. The highest BCUT2D eigenvalue weighted by atomic mass is 15.2. The summed E-state index contributed by atoms with van der Waals surface area (Å²) in [4.78, 5) is 2.41. The van der Waals surface area contributed by atoms with Crippen molar-refractivity contribution in [2.45, 2.75) is 38.1 Å². The topological polar surface area (TPSA) is 15.3 Å². The van der Waals surface area contributed by atoms with Gasteiger partial charge in [-0.1, -0.05) is 25.2 Å². The van der Waals surface area contributed by atoms with Crippen molar-refractivity contribution in [3.63, 3.8) is 0 Å². The molecule has 0 aromatic carbocycles. The summed E-state index contributed by atoms with van der Waals surface area (Å²) < 4.78 is 0. The number of terminal acetylenes is 1. The standard InChI is InChI=1S/C13H22N2/c1-2-9-15-10-8-14-13(11-15)12-6-4-3-5-7-12/h1,12-14H,3-11H2. The van der Waals surface area contributed by atoms with Gasteiger partial charge in [0.2, 0.25) is 0 Å². The van der Waals surface area contributed by atoms with E-state index in [2.05, 4.69) is 16.1 Å². The summed E-state index contributed by atoms with van der Waals surface area (Å²) in [6, 6.07) is 0.701. The molecule has 2 rings (SSSR count). The van der Waals surface area contributed by atoms with Crippen molar-refractivity contribution >= 4 is 0 Å². The van der Waals surface area contributed by atoms with Gasteiger partial charge in [-0.2, -0.15) is 0 Å².